The molecule has 18 heavy (non-hydrogen) atoms. The molecule has 4 saturated heterocycles. The van der Waals surface area contributed by atoms with Crippen LogP contribution in [0.5, 0.6) is 0 Å². The van der Waals surface area contributed by atoms with Crippen LogP contribution in [0.1, 0.15) is 51.4 Å². The highest BCUT2D eigenvalue weighted by molar-refractivity contribution is 4.94. The van der Waals surface area contributed by atoms with E-state index in [1.54, 1.807) is 0 Å². The summed E-state index contributed by atoms with van der Waals surface area (Å²) >= 11 is 0. The second-order valence-corrected chi connectivity index (χ2v) is 6.74. The highest BCUT2D eigenvalue weighted by atomic mass is 15.0. The quantitative estimate of drug-likeness (QED) is 0.505. The molecule has 0 spiro atoms. The summed E-state index contributed by atoms with van der Waals surface area (Å²) in [5, 5.41) is 7.08. The molecule has 6 N–H and O–H groups in total. The fraction of sp³-hybridized carbons (Fsp3) is 1.00. The summed E-state index contributed by atoms with van der Waals surface area (Å²) in [6, 6.07) is 4.03. The third-order valence-corrected chi connectivity index (χ3v) is 5.02. The maximum atomic E-state index is 5.82. The minimum absolute atomic E-state index is 0.490. The van der Waals surface area contributed by atoms with E-state index in [1.807, 2.05) is 0 Å². The van der Waals surface area contributed by atoms with Gasteiger partial charge in [-0.05, 0) is 51.4 Å². The summed E-state index contributed by atoms with van der Waals surface area (Å²) in [4.78, 5) is 0. The van der Waals surface area contributed by atoms with Crippen molar-refractivity contribution in [2.24, 2.45) is 11.5 Å². The second-order valence-electron chi connectivity index (χ2n) is 6.74. The van der Waals surface area contributed by atoms with Crippen LogP contribution >= 0.6 is 0 Å². The van der Waals surface area contributed by atoms with Crippen molar-refractivity contribution in [1.82, 2.24) is 10.6 Å². The van der Waals surface area contributed by atoms with Gasteiger partial charge in [0.05, 0.1) is 0 Å². The number of nitrogens with two attached hydrogens (primary N) is 2. The average molecular weight is 252 g/mol. The van der Waals surface area contributed by atoms with Crippen LogP contribution in [0.3, 0.4) is 0 Å². The maximum absolute atomic E-state index is 5.82. The lowest BCUT2D eigenvalue weighted by atomic mass is 10.0. The third kappa shape index (κ3) is 3.05. The molecule has 4 heteroatoms. The standard InChI is InChI=1S/2C7H14N2/c2*8-5-3-6-1-2-7(4-5)9-6/h2*5-7,9H,1-4,8H2/t2*5?,6-,7+. The highest BCUT2D eigenvalue weighted by Crippen LogP contribution is 2.26. The van der Waals surface area contributed by atoms with E-state index < -0.39 is 0 Å². The molecule has 2 unspecified atom stereocenters. The molecular weight excluding hydrogens is 224 g/mol. The van der Waals surface area contributed by atoms with E-state index in [-0.39, 0.29) is 0 Å². The Morgan fingerprint density at radius 2 is 0.833 bits per heavy atom. The van der Waals surface area contributed by atoms with Crippen LogP contribution in [0.25, 0.3) is 0 Å². The Morgan fingerprint density at radius 3 is 1.11 bits per heavy atom. The largest absolute Gasteiger partial charge is 0.328 e. The van der Waals surface area contributed by atoms with Gasteiger partial charge in [0, 0.05) is 36.3 Å². The molecule has 0 aromatic rings. The number of rotatable bonds is 0. The van der Waals surface area contributed by atoms with Crippen molar-refractivity contribution >= 4 is 0 Å². The Bertz CT molecular complexity index is 231. The molecule has 4 rings (SSSR count). The van der Waals surface area contributed by atoms with Gasteiger partial charge in [0.25, 0.3) is 0 Å². The molecule has 0 saturated carbocycles. The molecule has 4 nitrogen and oxygen atoms in total. The summed E-state index contributed by atoms with van der Waals surface area (Å²) in [5.74, 6) is 0. The van der Waals surface area contributed by atoms with Gasteiger partial charge >= 0.3 is 0 Å². The van der Waals surface area contributed by atoms with Gasteiger partial charge in [-0.2, -0.15) is 0 Å². The molecule has 0 aromatic carbocycles. The SMILES string of the molecule is NC1C[C@H]2CC[C@@H](C1)N2.NC1C[C@H]2CC[C@@H](C1)N2. The molecule has 4 bridgehead atoms. The van der Waals surface area contributed by atoms with Crippen molar-refractivity contribution < 1.29 is 0 Å². The van der Waals surface area contributed by atoms with E-state index in [1.165, 1.54) is 51.4 Å². The van der Waals surface area contributed by atoms with Crippen molar-refractivity contribution in [2.75, 3.05) is 0 Å². The number of nitrogens with one attached hydrogen (secondary N) is 2. The van der Waals surface area contributed by atoms with Crippen molar-refractivity contribution in [2.45, 2.75) is 87.6 Å². The van der Waals surface area contributed by atoms with E-state index in [9.17, 15) is 0 Å². The summed E-state index contributed by atoms with van der Waals surface area (Å²) in [5.41, 5.74) is 11.6. The van der Waals surface area contributed by atoms with Crippen molar-refractivity contribution in [3.8, 4) is 0 Å². The van der Waals surface area contributed by atoms with Crippen LogP contribution in [0.15, 0.2) is 0 Å². The molecule has 6 atom stereocenters. The molecule has 0 aromatic heterocycles. The monoisotopic (exact) mass is 252 g/mol. The van der Waals surface area contributed by atoms with Crippen LogP contribution in [0, 0.1) is 0 Å². The second kappa shape index (κ2) is 5.45. The average Bonchev–Trinajstić information content (AvgIpc) is 2.83. The summed E-state index contributed by atoms with van der Waals surface area (Å²) in [6.45, 7) is 0. The van der Waals surface area contributed by atoms with Gasteiger partial charge in [-0.25, -0.2) is 0 Å². The maximum Gasteiger partial charge on any atom is 0.00849 e. The molecule has 4 aliphatic heterocycles. The fourth-order valence-electron chi connectivity index (χ4n) is 4.20. The summed E-state index contributed by atoms with van der Waals surface area (Å²) < 4.78 is 0. The lowest BCUT2D eigenvalue weighted by molar-refractivity contribution is 0.363. The number of fused-ring (bicyclic) bond motifs is 4. The van der Waals surface area contributed by atoms with Crippen molar-refractivity contribution in [3.05, 3.63) is 0 Å². The Kier molecular flexibility index (Phi) is 3.89. The first-order chi connectivity index (χ1) is 8.69. The summed E-state index contributed by atoms with van der Waals surface area (Å²) in [6.07, 6.45) is 10.3. The molecule has 4 heterocycles. The minimum atomic E-state index is 0.490. The number of piperidine rings is 2. The predicted molar refractivity (Wildman–Crippen MR) is 74.3 cm³/mol. The Morgan fingerprint density at radius 1 is 0.556 bits per heavy atom. The van der Waals surface area contributed by atoms with Crippen LogP contribution in [0.4, 0.5) is 0 Å². The molecule has 0 radical (unpaired) electrons. The van der Waals surface area contributed by atoms with Gasteiger partial charge < -0.3 is 22.1 Å². The zero-order valence-electron chi connectivity index (χ0n) is 11.3. The van der Waals surface area contributed by atoms with E-state index in [0.717, 1.165) is 24.2 Å². The van der Waals surface area contributed by atoms with Gasteiger partial charge in [0.2, 0.25) is 0 Å². The van der Waals surface area contributed by atoms with Crippen molar-refractivity contribution in [1.29, 1.82) is 0 Å². The number of hydrogen-bond acceptors (Lipinski definition) is 4. The van der Waals surface area contributed by atoms with Crippen LogP contribution in [-0.4, -0.2) is 36.3 Å². The Hall–Kier alpha value is -0.160. The van der Waals surface area contributed by atoms with Gasteiger partial charge in [-0.15, -0.1) is 0 Å². The minimum Gasteiger partial charge on any atom is -0.328 e. The van der Waals surface area contributed by atoms with Gasteiger partial charge in [-0.3, -0.25) is 0 Å². The molecule has 104 valence electrons. The molecule has 0 amide bonds. The zero-order chi connectivity index (χ0) is 12.5. The van der Waals surface area contributed by atoms with Crippen LogP contribution in [0.2, 0.25) is 0 Å². The zero-order valence-corrected chi connectivity index (χ0v) is 11.3. The Balaban J connectivity index is 0.000000111. The predicted octanol–water partition coefficient (Wildman–Crippen LogP) is 0.456. The molecule has 0 aliphatic carbocycles. The topological polar surface area (TPSA) is 76.1 Å². The van der Waals surface area contributed by atoms with Crippen LogP contribution in [-0.2, 0) is 0 Å². The first-order valence-corrected chi connectivity index (χ1v) is 7.72. The molecule has 4 fully saturated rings. The van der Waals surface area contributed by atoms with Crippen LogP contribution < -0.4 is 22.1 Å². The lowest BCUT2D eigenvalue weighted by Crippen LogP contribution is -2.43. The van der Waals surface area contributed by atoms with Crippen molar-refractivity contribution in [3.63, 3.8) is 0 Å². The summed E-state index contributed by atoms with van der Waals surface area (Å²) in [7, 11) is 0. The first kappa shape index (κ1) is 12.9. The number of hydrogen-bond donors (Lipinski definition) is 4. The van der Waals surface area contributed by atoms with E-state index in [2.05, 4.69) is 10.6 Å². The third-order valence-electron chi connectivity index (χ3n) is 5.02. The van der Waals surface area contributed by atoms with Gasteiger partial charge in [0.1, 0.15) is 0 Å². The van der Waals surface area contributed by atoms with E-state index in [4.69, 9.17) is 11.5 Å². The smallest absolute Gasteiger partial charge is 0.00849 e. The highest BCUT2D eigenvalue weighted by Gasteiger charge is 2.32. The molecule has 4 aliphatic rings. The first-order valence-electron chi connectivity index (χ1n) is 7.72. The van der Waals surface area contributed by atoms with Gasteiger partial charge in [0.15, 0.2) is 0 Å². The Labute approximate surface area is 110 Å². The van der Waals surface area contributed by atoms with E-state index >= 15 is 0 Å². The lowest BCUT2D eigenvalue weighted by Gasteiger charge is -2.25. The van der Waals surface area contributed by atoms with E-state index in [0.29, 0.717) is 12.1 Å². The van der Waals surface area contributed by atoms with Gasteiger partial charge in [-0.1, -0.05) is 0 Å². The normalized spacial score (nSPS) is 49.7. The molecular formula is C14H28N4. The fourth-order valence-corrected chi connectivity index (χ4v) is 4.20.